The highest BCUT2D eigenvalue weighted by Gasteiger charge is 2.55. The van der Waals surface area contributed by atoms with Gasteiger partial charge in [0.2, 0.25) is 0 Å². The molecule has 0 spiro atoms. The van der Waals surface area contributed by atoms with E-state index in [1.165, 1.54) is 0 Å². The molecule has 0 N–H and O–H groups in total. The van der Waals surface area contributed by atoms with E-state index in [2.05, 4.69) is 31.9 Å². The second kappa shape index (κ2) is 4.60. The predicted octanol–water partition coefficient (Wildman–Crippen LogP) is 3.40. The van der Waals surface area contributed by atoms with E-state index in [1.54, 1.807) is 24.3 Å². The number of sulfone groups is 1. The second-order valence-corrected chi connectivity index (χ2v) is 9.46. The normalized spacial score (nSPS) is 39.1. The van der Waals surface area contributed by atoms with E-state index < -0.39 is 9.84 Å². The molecule has 98 valence electrons. The molecule has 2 saturated carbocycles. The van der Waals surface area contributed by atoms with Gasteiger partial charge in [0, 0.05) is 9.65 Å². The number of hydrogen-bond acceptors (Lipinski definition) is 2. The van der Waals surface area contributed by atoms with Crippen molar-refractivity contribution in [2.45, 2.75) is 32.6 Å². The maximum atomic E-state index is 12.6. The molecule has 3 rings (SSSR count). The van der Waals surface area contributed by atoms with E-state index in [-0.39, 0.29) is 16.0 Å². The zero-order valence-electron chi connectivity index (χ0n) is 9.67. The van der Waals surface area contributed by atoms with Crippen molar-refractivity contribution in [2.75, 3.05) is 0 Å². The molecule has 0 radical (unpaired) electrons. The van der Waals surface area contributed by atoms with Gasteiger partial charge in [-0.3, -0.25) is 0 Å². The van der Waals surface area contributed by atoms with Gasteiger partial charge in [-0.15, -0.1) is 0 Å². The van der Waals surface area contributed by atoms with Crippen molar-refractivity contribution in [2.24, 2.45) is 11.8 Å². The van der Waals surface area contributed by atoms with Gasteiger partial charge in [-0.2, -0.15) is 0 Å². The Balaban J connectivity index is 1.94. The molecule has 2 fully saturated rings. The summed E-state index contributed by atoms with van der Waals surface area (Å²) in [6.07, 6.45) is 1.81. The van der Waals surface area contributed by atoms with Crippen LogP contribution in [0.2, 0.25) is 0 Å². The third kappa shape index (κ3) is 1.90. The molecule has 5 heteroatoms. The Labute approximate surface area is 124 Å². The van der Waals surface area contributed by atoms with Gasteiger partial charge >= 0.3 is 0 Å². The largest absolute Gasteiger partial charge is 0.223 e. The second-order valence-electron chi connectivity index (χ2n) is 5.18. The Kier molecular flexibility index (Phi) is 3.35. The summed E-state index contributed by atoms with van der Waals surface area (Å²) in [7, 11) is -3.18. The number of hydrogen-bond donors (Lipinski definition) is 0. The summed E-state index contributed by atoms with van der Waals surface area (Å²) in [5, 5.41) is -0.219. The summed E-state index contributed by atoms with van der Waals surface area (Å²) < 4.78 is 25.3. The molecule has 2 bridgehead atoms. The molecule has 5 atom stereocenters. The van der Waals surface area contributed by atoms with Crippen molar-refractivity contribution in [3.63, 3.8) is 0 Å². The molecule has 0 saturated heterocycles. The van der Waals surface area contributed by atoms with Crippen LogP contribution >= 0.6 is 31.9 Å². The van der Waals surface area contributed by atoms with Crippen molar-refractivity contribution in [3.05, 3.63) is 30.3 Å². The third-order valence-electron chi connectivity index (χ3n) is 4.22. The van der Waals surface area contributed by atoms with E-state index in [4.69, 9.17) is 0 Å². The zero-order chi connectivity index (χ0) is 12.9. The van der Waals surface area contributed by atoms with Crippen LogP contribution in [0.4, 0.5) is 0 Å². The average molecular weight is 394 g/mol. The van der Waals surface area contributed by atoms with Crippen LogP contribution < -0.4 is 0 Å². The molecular weight excluding hydrogens is 380 g/mol. The Bertz CT molecular complexity index is 541. The fourth-order valence-electron chi connectivity index (χ4n) is 3.30. The maximum Gasteiger partial charge on any atom is 0.181 e. The quantitative estimate of drug-likeness (QED) is 0.721. The predicted molar refractivity (Wildman–Crippen MR) is 79.1 cm³/mol. The van der Waals surface area contributed by atoms with Gasteiger partial charge in [-0.1, -0.05) is 50.1 Å². The van der Waals surface area contributed by atoms with Gasteiger partial charge in [-0.05, 0) is 36.8 Å². The molecule has 1 aromatic rings. The van der Waals surface area contributed by atoms with Gasteiger partial charge in [0.05, 0.1) is 10.1 Å². The lowest BCUT2D eigenvalue weighted by molar-refractivity contribution is 0.490. The topological polar surface area (TPSA) is 34.1 Å². The lowest BCUT2D eigenvalue weighted by atomic mass is 10.00. The molecule has 0 aromatic heterocycles. The average Bonchev–Trinajstić information content (AvgIpc) is 2.92. The summed E-state index contributed by atoms with van der Waals surface area (Å²) >= 11 is 7.32. The van der Waals surface area contributed by atoms with Gasteiger partial charge < -0.3 is 0 Å². The molecule has 2 aliphatic rings. The van der Waals surface area contributed by atoms with Crippen molar-refractivity contribution in [1.82, 2.24) is 0 Å². The molecule has 18 heavy (non-hydrogen) atoms. The molecule has 2 nitrogen and oxygen atoms in total. The summed E-state index contributed by atoms with van der Waals surface area (Å²) in [6.45, 7) is 0. The number of benzene rings is 1. The van der Waals surface area contributed by atoms with Crippen LogP contribution in [-0.2, 0) is 9.84 Å². The molecule has 0 aliphatic heterocycles. The summed E-state index contributed by atoms with van der Waals surface area (Å²) in [5.74, 6) is 0.729. The molecule has 2 aliphatic carbocycles. The summed E-state index contributed by atoms with van der Waals surface area (Å²) in [6, 6.07) is 8.84. The van der Waals surface area contributed by atoms with E-state index in [9.17, 15) is 8.42 Å². The molecule has 0 heterocycles. The van der Waals surface area contributed by atoms with E-state index in [0.717, 1.165) is 12.8 Å². The fraction of sp³-hybridized carbons (Fsp3) is 0.538. The van der Waals surface area contributed by atoms with Crippen LogP contribution in [0.3, 0.4) is 0 Å². The van der Waals surface area contributed by atoms with E-state index in [1.807, 2.05) is 6.07 Å². The lowest BCUT2D eigenvalue weighted by Crippen LogP contribution is -2.37. The van der Waals surface area contributed by atoms with Crippen LogP contribution in [-0.4, -0.2) is 23.3 Å². The van der Waals surface area contributed by atoms with Gasteiger partial charge in [0.25, 0.3) is 0 Å². The van der Waals surface area contributed by atoms with Crippen molar-refractivity contribution >= 4 is 41.7 Å². The summed E-state index contributed by atoms with van der Waals surface area (Å²) in [5.41, 5.74) is 0. The minimum absolute atomic E-state index is 0.219. The maximum absolute atomic E-state index is 12.6. The number of fused-ring (bicyclic) bond motifs is 2. The standard InChI is InChI=1S/C13H14Br2O2S/c14-12-8-6-10(13(12)15)11(7-8)18(16,17)9-4-2-1-3-5-9/h1-5,8,10-13H,6-7H2/t8-,10+,11-,12-,13+/m0/s1. The van der Waals surface area contributed by atoms with Crippen molar-refractivity contribution in [1.29, 1.82) is 0 Å². The Morgan fingerprint density at radius 1 is 1.00 bits per heavy atom. The number of rotatable bonds is 2. The molecule has 1 aromatic carbocycles. The third-order valence-corrected chi connectivity index (χ3v) is 9.77. The van der Waals surface area contributed by atoms with E-state index >= 15 is 0 Å². The first-order valence-corrected chi connectivity index (χ1v) is 9.46. The fourth-order valence-corrected chi connectivity index (χ4v) is 7.47. The Morgan fingerprint density at radius 2 is 1.67 bits per heavy atom. The highest BCUT2D eigenvalue weighted by atomic mass is 79.9. The SMILES string of the molecule is O=S(=O)(c1ccccc1)[C@H]1C[C@@H]2C[C@H]1[C@@H](Br)[C@H]2Br. The monoisotopic (exact) mass is 392 g/mol. The summed E-state index contributed by atoms with van der Waals surface area (Å²) in [4.78, 5) is 1.16. The van der Waals surface area contributed by atoms with Crippen LogP contribution in [0.5, 0.6) is 0 Å². The minimum Gasteiger partial charge on any atom is -0.223 e. The smallest absolute Gasteiger partial charge is 0.181 e. The number of halogens is 2. The Hall–Kier alpha value is 0.130. The first-order valence-electron chi connectivity index (χ1n) is 6.09. The van der Waals surface area contributed by atoms with Gasteiger partial charge in [-0.25, -0.2) is 8.42 Å². The van der Waals surface area contributed by atoms with E-state index in [0.29, 0.717) is 15.6 Å². The van der Waals surface area contributed by atoms with Gasteiger partial charge in [0.15, 0.2) is 9.84 Å². The molecular formula is C13H14Br2O2S. The number of alkyl halides is 2. The Morgan fingerprint density at radius 3 is 2.22 bits per heavy atom. The van der Waals surface area contributed by atoms with Crippen LogP contribution in [0.25, 0.3) is 0 Å². The highest BCUT2D eigenvalue weighted by molar-refractivity contribution is 9.12. The van der Waals surface area contributed by atoms with Gasteiger partial charge in [0.1, 0.15) is 0 Å². The first-order chi connectivity index (χ1) is 8.51. The van der Waals surface area contributed by atoms with Crippen molar-refractivity contribution < 1.29 is 8.42 Å². The minimum atomic E-state index is -3.18. The zero-order valence-corrected chi connectivity index (χ0v) is 13.7. The first kappa shape index (κ1) is 13.1. The van der Waals surface area contributed by atoms with Crippen molar-refractivity contribution in [3.8, 4) is 0 Å². The lowest BCUT2D eigenvalue weighted by Gasteiger charge is -2.29. The van der Waals surface area contributed by atoms with Crippen LogP contribution in [0, 0.1) is 11.8 Å². The molecule has 0 unspecified atom stereocenters. The molecule has 0 amide bonds. The van der Waals surface area contributed by atoms with Crippen LogP contribution in [0.15, 0.2) is 35.2 Å². The van der Waals surface area contributed by atoms with Crippen LogP contribution in [0.1, 0.15) is 12.8 Å². The highest BCUT2D eigenvalue weighted by Crippen LogP contribution is 2.54.